The topological polar surface area (TPSA) is 29.3 Å². The monoisotopic (exact) mass is 286 g/mol. The van der Waals surface area contributed by atoms with Crippen molar-refractivity contribution in [3.05, 3.63) is 33.3 Å². The highest BCUT2D eigenvalue weighted by Crippen LogP contribution is 2.40. The highest BCUT2D eigenvalue weighted by atomic mass is 35.5. The molecule has 1 unspecified atom stereocenters. The molecular weight excluding hydrogens is 267 g/mol. The molecular formula is C14H20Cl2N2. The maximum atomic E-state index is 6.29. The van der Waals surface area contributed by atoms with Crippen LogP contribution in [0.4, 0.5) is 0 Å². The molecule has 1 aliphatic heterocycles. The number of hydrogen-bond acceptors (Lipinski definition) is 2. The van der Waals surface area contributed by atoms with E-state index in [1.807, 2.05) is 6.07 Å². The lowest BCUT2D eigenvalue weighted by molar-refractivity contribution is 0.215. The van der Waals surface area contributed by atoms with Gasteiger partial charge in [0.2, 0.25) is 0 Å². The van der Waals surface area contributed by atoms with E-state index in [0.717, 1.165) is 18.7 Å². The fourth-order valence-electron chi connectivity index (χ4n) is 2.67. The van der Waals surface area contributed by atoms with Crippen LogP contribution in [0.1, 0.15) is 43.4 Å². The fourth-order valence-corrected chi connectivity index (χ4v) is 3.08. The molecule has 0 saturated carbocycles. The summed E-state index contributed by atoms with van der Waals surface area (Å²) in [6.07, 6.45) is 3.71. The third-order valence-corrected chi connectivity index (χ3v) is 4.51. The van der Waals surface area contributed by atoms with Gasteiger partial charge >= 0.3 is 0 Å². The molecule has 0 amide bonds. The molecule has 0 bridgehead atoms. The van der Waals surface area contributed by atoms with Crippen molar-refractivity contribution in [2.45, 2.75) is 38.8 Å². The summed E-state index contributed by atoms with van der Waals surface area (Å²) in [6.45, 7) is 4.81. The van der Waals surface area contributed by atoms with Crippen molar-refractivity contribution in [2.24, 2.45) is 5.73 Å². The van der Waals surface area contributed by atoms with Gasteiger partial charge < -0.3 is 5.73 Å². The molecule has 2 rings (SSSR count). The zero-order valence-corrected chi connectivity index (χ0v) is 12.3. The summed E-state index contributed by atoms with van der Waals surface area (Å²) in [7, 11) is 0. The fraction of sp³-hybridized carbons (Fsp3) is 0.571. The first-order valence-corrected chi connectivity index (χ1v) is 7.35. The summed E-state index contributed by atoms with van der Waals surface area (Å²) < 4.78 is 0. The van der Waals surface area contributed by atoms with Gasteiger partial charge in [-0.2, -0.15) is 0 Å². The van der Waals surface area contributed by atoms with E-state index >= 15 is 0 Å². The van der Waals surface area contributed by atoms with Crippen molar-refractivity contribution in [3.8, 4) is 0 Å². The molecule has 0 radical (unpaired) electrons. The number of benzene rings is 1. The van der Waals surface area contributed by atoms with Crippen LogP contribution >= 0.6 is 23.2 Å². The summed E-state index contributed by atoms with van der Waals surface area (Å²) in [5, 5.41) is 1.34. The second kappa shape index (κ2) is 6.25. The van der Waals surface area contributed by atoms with E-state index in [-0.39, 0.29) is 0 Å². The lowest BCUT2D eigenvalue weighted by atomic mass is 10.0. The van der Waals surface area contributed by atoms with Crippen molar-refractivity contribution in [2.75, 3.05) is 13.1 Å². The molecule has 0 spiro atoms. The van der Waals surface area contributed by atoms with Gasteiger partial charge in [0.15, 0.2) is 0 Å². The van der Waals surface area contributed by atoms with Crippen LogP contribution in [0.5, 0.6) is 0 Å². The Morgan fingerprint density at radius 1 is 1.33 bits per heavy atom. The largest absolute Gasteiger partial charge is 0.329 e. The number of nitrogens with zero attached hydrogens (tertiary/aromatic N) is 1. The van der Waals surface area contributed by atoms with Crippen LogP contribution < -0.4 is 5.73 Å². The van der Waals surface area contributed by atoms with Crippen LogP contribution in [0.15, 0.2) is 12.1 Å². The van der Waals surface area contributed by atoms with Crippen molar-refractivity contribution in [3.63, 3.8) is 0 Å². The zero-order chi connectivity index (χ0) is 13.1. The van der Waals surface area contributed by atoms with Crippen molar-refractivity contribution >= 4 is 23.2 Å². The molecule has 1 atom stereocenters. The van der Waals surface area contributed by atoms with Gasteiger partial charge in [0, 0.05) is 19.1 Å². The number of rotatable bonds is 5. The molecule has 2 N–H and O–H groups in total. The SMILES string of the molecule is CCCCCN1Cc2c(ccc(Cl)c2Cl)C1CN. The smallest absolute Gasteiger partial charge is 0.0640 e. The highest BCUT2D eigenvalue weighted by molar-refractivity contribution is 6.42. The van der Waals surface area contributed by atoms with Gasteiger partial charge in [-0.05, 0) is 30.2 Å². The quantitative estimate of drug-likeness (QED) is 0.829. The molecule has 1 heterocycles. The first-order chi connectivity index (χ1) is 8.69. The molecule has 1 aromatic rings. The summed E-state index contributed by atoms with van der Waals surface area (Å²) >= 11 is 12.4. The number of fused-ring (bicyclic) bond motifs is 1. The predicted octanol–water partition coefficient (Wildman–Crippen LogP) is 4.00. The zero-order valence-electron chi connectivity index (χ0n) is 10.8. The average molecular weight is 287 g/mol. The summed E-state index contributed by atoms with van der Waals surface area (Å²) in [5.41, 5.74) is 8.33. The Kier molecular flexibility index (Phi) is 4.91. The minimum absolute atomic E-state index is 0.298. The van der Waals surface area contributed by atoms with Gasteiger partial charge in [0.25, 0.3) is 0 Å². The van der Waals surface area contributed by atoms with Gasteiger partial charge in [-0.3, -0.25) is 4.90 Å². The highest BCUT2D eigenvalue weighted by Gasteiger charge is 2.30. The van der Waals surface area contributed by atoms with E-state index in [9.17, 15) is 0 Å². The Hall–Kier alpha value is -0.280. The molecule has 1 aliphatic rings. The number of halogens is 2. The summed E-state index contributed by atoms with van der Waals surface area (Å²) in [4.78, 5) is 2.42. The van der Waals surface area contributed by atoms with Gasteiger partial charge in [-0.1, -0.05) is 49.0 Å². The molecule has 4 heteroatoms. The molecule has 100 valence electrons. The third kappa shape index (κ3) is 2.67. The Morgan fingerprint density at radius 3 is 2.78 bits per heavy atom. The van der Waals surface area contributed by atoms with E-state index in [4.69, 9.17) is 28.9 Å². The number of nitrogens with two attached hydrogens (primary N) is 1. The van der Waals surface area contributed by atoms with Gasteiger partial charge in [-0.15, -0.1) is 0 Å². The second-order valence-corrected chi connectivity index (χ2v) is 5.64. The third-order valence-electron chi connectivity index (χ3n) is 3.67. The minimum atomic E-state index is 0.298. The molecule has 18 heavy (non-hydrogen) atoms. The van der Waals surface area contributed by atoms with Crippen LogP contribution in [-0.2, 0) is 6.54 Å². The Labute approximate surface area is 119 Å². The summed E-state index contributed by atoms with van der Waals surface area (Å²) in [5.74, 6) is 0. The van der Waals surface area contributed by atoms with E-state index in [1.54, 1.807) is 0 Å². The Morgan fingerprint density at radius 2 is 2.11 bits per heavy atom. The van der Waals surface area contributed by atoms with Gasteiger partial charge in [0.1, 0.15) is 0 Å². The summed E-state index contributed by atoms with van der Waals surface area (Å²) in [6, 6.07) is 4.24. The van der Waals surface area contributed by atoms with Crippen molar-refractivity contribution in [1.29, 1.82) is 0 Å². The minimum Gasteiger partial charge on any atom is -0.329 e. The normalized spacial score (nSPS) is 19.2. The Bertz CT molecular complexity index is 421. The number of unbranched alkanes of at least 4 members (excludes halogenated alkanes) is 2. The molecule has 0 saturated heterocycles. The van der Waals surface area contributed by atoms with Crippen LogP contribution in [0.2, 0.25) is 10.0 Å². The Balaban J connectivity index is 2.17. The second-order valence-electron chi connectivity index (χ2n) is 4.86. The first-order valence-electron chi connectivity index (χ1n) is 6.60. The van der Waals surface area contributed by atoms with E-state index in [1.165, 1.54) is 24.8 Å². The first kappa shape index (κ1) is 14.1. The lowest BCUT2D eigenvalue weighted by Crippen LogP contribution is -2.28. The predicted molar refractivity (Wildman–Crippen MR) is 78.2 cm³/mol. The van der Waals surface area contributed by atoms with Crippen LogP contribution in [0.25, 0.3) is 0 Å². The molecule has 2 nitrogen and oxygen atoms in total. The molecule has 0 fully saturated rings. The van der Waals surface area contributed by atoms with Crippen LogP contribution in [0, 0.1) is 0 Å². The maximum absolute atomic E-state index is 6.29. The van der Waals surface area contributed by atoms with Crippen molar-refractivity contribution in [1.82, 2.24) is 4.90 Å². The standard InChI is InChI=1S/C14H20Cl2N2/c1-2-3-4-7-18-9-11-10(13(18)8-17)5-6-12(15)14(11)16/h5-6,13H,2-4,7-9,17H2,1H3. The van der Waals surface area contributed by atoms with Gasteiger partial charge in [-0.25, -0.2) is 0 Å². The van der Waals surface area contributed by atoms with Crippen molar-refractivity contribution < 1.29 is 0 Å². The molecule has 0 aromatic heterocycles. The lowest BCUT2D eigenvalue weighted by Gasteiger charge is -2.23. The van der Waals surface area contributed by atoms with Crippen LogP contribution in [-0.4, -0.2) is 18.0 Å². The molecule has 0 aliphatic carbocycles. The van der Waals surface area contributed by atoms with E-state index in [2.05, 4.69) is 17.9 Å². The van der Waals surface area contributed by atoms with Crippen LogP contribution in [0.3, 0.4) is 0 Å². The number of hydrogen-bond donors (Lipinski definition) is 1. The maximum Gasteiger partial charge on any atom is 0.0640 e. The van der Waals surface area contributed by atoms with Gasteiger partial charge in [0.05, 0.1) is 10.0 Å². The molecule has 1 aromatic carbocycles. The average Bonchev–Trinajstić information content (AvgIpc) is 2.73. The van der Waals surface area contributed by atoms with E-state index < -0.39 is 0 Å². The van der Waals surface area contributed by atoms with E-state index in [0.29, 0.717) is 22.6 Å².